The second-order valence-electron chi connectivity index (χ2n) is 8.57. The van der Waals surface area contributed by atoms with Gasteiger partial charge in [0.2, 0.25) is 17.7 Å². The molecule has 0 aromatic heterocycles. The van der Waals surface area contributed by atoms with Gasteiger partial charge in [0.05, 0.1) is 13.2 Å². The highest BCUT2D eigenvalue weighted by molar-refractivity contribution is 6.05. The Labute approximate surface area is 188 Å². The molecule has 2 heterocycles. The van der Waals surface area contributed by atoms with Gasteiger partial charge in [0.15, 0.2) is 0 Å². The number of hydrogen-bond acceptors (Lipinski definition) is 6. The predicted octanol–water partition coefficient (Wildman–Crippen LogP) is 1.06. The van der Waals surface area contributed by atoms with Crippen molar-refractivity contribution in [3.8, 4) is 5.75 Å². The van der Waals surface area contributed by atoms with Crippen LogP contribution >= 0.6 is 0 Å². The third-order valence-corrected chi connectivity index (χ3v) is 5.62. The first-order chi connectivity index (χ1) is 15.3. The molecule has 0 saturated carbocycles. The molecule has 1 unspecified atom stereocenters. The van der Waals surface area contributed by atoms with Gasteiger partial charge in [-0.1, -0.05) is 12.8 Å². The SMILES string of the molecule is CN(C)CC(=O)NCCCCCCOc1ccc2c(c1)CN(C1CCC(=O)NC1=O)C2=O. The number of carbonyl (C=O) groups excluding carboxylic acids is 4. The van der Waals surface area contributed by atoms with E-state index in [-0.39, 0.29) is 24.1 Å². The summed E-state index contributed by atoms with van der Waals surface area (Å²) in [6, 6.07) is 4.78. The van der Waals surface area contributed by atoms with E-state index in [0.717, 1.165) is 31.2 Å². The molecule has 1 fully saturated rings. The summed E-state index contributed by atoms with van der Waals surface area (Å²) < 4.78 is 5.84. The summed E-state index contributed by atoms with van der Waals surface area (Å²) in [5, 5.41) is 5.22. The van der Waals surface area contributed by atoms with Crippen molar-refractivity contribution in [2.24, 2.45) is 0 Å². The van der Waals surface area contributed by atoms with Gasteiger partial charge in [0.25, 0.3) is 5.91 Å². The molecule has 3 rings (SSSR count). The zero-order valence-electron chi connectivity index (χ0n) is 18.8. The van der Waals surface area contributed by atoms with Crippen molar-refractivity contribution in [1.82, 2.24) is 20.4 Å². The molecular weight excluding hydrogens is 412 g/mol. The molecule has 1 aromatic rings. The number of nitrogens with one attached hydrogen (secondary N) is 2. The number of imide groups is 1. The molecule has 1 atom stereocenters. The third kappa shape index (κ3) is 6.29. The van der Waals surface area contributed by atoms with Crippen molar-refractivity contribution in [3.63, 3.8) is 0 Å². The first-order valence-corrected chi connectivity index (χ1v) is 11.2. The average Bonchev–Trinajstić information content (AvgIpc) is 3.05. The maximum atomic E-state index is 12.7. The maximum Gasteiger partial charge on any atom is 0.255 e. The Hall–Kier alpha value is -2.94. The highest BCUT2D eigenvalue weighted by Crippen LogP contribution is 2.30. The number of unbranched alkanes of at least 4 members (excludes halogenated alkanes) is 3. The van der Waals surface area contributed by atoms with Crippen molar-refractivity contribution < 1.29 is 23.9 Å². The standard InChI is InChI=1S/C23H32N4O5/c1-26(2)15-21(29)24-11-5-3-4-6-12-32-17-7-8-18-16(13-17)14-27(23(18)31)19-9-10-20(28)25-22(19)30/h7-8,13,19H,3-6,9-12,14-15H2,1-2H3,(H,24,29)(H,25,28,30). The van der Waals surface area contributed by atoms with Gasteiger partial charge in [0.1, 0.15) is 11.8 Å². The second kappa shape index (κ2) is 11.1. The Bertz CT molecular complexity index is 870. The molecule has 2 N–H and O–H groups in total. The van der Waals surface area contributed by atoms with Gasteiger partial charge in [-0.3, -0.25) is 24.5 Å². The van der Waals surface area contributed by atoms with E-state index >= 15 is 0 Å². The lowest BCUT2D eigenvalue weighted by Gasteiger charge is -2.29. The van der Waals surface area contributed by atoms with Crippen LogP contribution in [0, 0.1) is 0 Å². The fourth-order valence-corrected chi connectivity index (χ4v) is 3.98. The molecule has 9 nitrogen and oxygen atoms in total. The summed E-state index contributed by atoms with van der Waals surface area (Å²) in [5.41, 5.74) is 1.42. The Morgan fingerprint density at radius 1 is 1.19 bits per heavy atom. The van der Waals surface area contributed by atoms with E-state index in [1.54, 1.807) is 12.1 Å². The van der Waals surface area contributed by atoms with Gasteiger partial charge >= 0.3 is 0 Å². The molecule has 1 aromatic carbocycles. The third-order valence-electron chi connectivity index (χ3n) is 5.62. The zero-order chi connectivity index (χ0) is 23.1. The Balaban J connectivity index is 1.37. The number of hydrogen-bond donors (Lipinski definition) is 2. The smallest absolute Gasteiger partial charge is 0.255 e. The number of piperidine rings is 1. The number of rotatable bonds is 11. The summed E-state index contributed by atoms with van der Waals surface area (Å²) in [6.45, 7) is 2.02. The molecule has 0 spiro atoms. The van der Waals surface area contributed by atoms with Crippen molar-refractivity contribution in [2.45, 2.75) is 51.1 Å². The number of likely N-dealkylation sites (N-methyl/N-ethyl adjacent to an activating group) is 1. The fraction of sp³-hybridized carbons (Fsp3) is 0.565. The number of ether oxygens (including phenoxy) is 1. The first kappa shape index (κ1) is 23.7. The lowest BCUT2D eigenvalue weighted by atomic mass is 10.0. The quantitative estimate of drug-likeness (QED) is 0.390. The monoisotopic (exact) mass is 444 g/mol. The minimum Gasteiger partial charge on any atom is -0.494 e. The van der Waals surface area contributed by atoms with Crippen molar-refractivity contribution in [3.05, 3.63) is 29.3 Å². The van der Waals surface area contributed by atoms with Crippen LogP contribution in [0.5, 0.6) is 5.75 Å². The molecule has 0 aliphatic carbocycles. The summed E-state index contributed by atoms with van der Waals surface area (Å²) in [4.78, 5) is 51.1. The first-order valence-electron chi connectivity index (χ1n) is 11.2. The lowest BCUT2D eigenvalue weighted by Crippen LogP contribution is -2.52. The number of fused-ring (bicyclic) bond motifs is 1. The Kier molecular flexibility index (Phi) is 8.21. The molecule has 174 valence electrons. The van der Waals surface area contributed by atoms with E-state index in [1.807, 2.05) is 25.1 Å². The van der Waals surface area contributed by atoms with E-state index < -0.39 is 11.9 Å². The number of nitrogens with zero attached hydrogens (tertiary/aromatic N) is 2. The van der Waals surface area contributed by atoms with Gasteiger partial charge in [-0.05, 0) is 57.1 Å². The Morgan fingerprint density at radius 2 is 1.97 bits per heavy atom. The van der Waals surface area contributed by atoms with Crippen molar-refractivity contribution in [1.29, 1.82) is 0 Å². The minimum absolute atomic E-state index is 0.0459. The predicted molar refractivity (Wildman–Crippen MR) is 118 cm³/mol. The largest absolute Gasteiger partial charge is 0.494 e. The van der Waals surface area contributed by atoms with Gasteiger partial charge in [-0.15, -0.1) is 0 Å². The van der Waals surface area contributed by atoms with E-state index in [2.05, 4.69) is 10.6 Å². The maximum absolute atomic E-state index is 12.7. The van der Waals surface area contributed by atoms with E-state index in [1.165, 1.54) is 4.90 Å². The number of amides is 4. The summed E-state index contributed by atoms with van der Waals surface area (Å²) in [5.74, 6) is -0.128. The molecule has 4 amide bonds. The van der Waals surface area contributed by atoms with Gasteiger partial charge in [-0.2, -0.15) is 0 Å². The van der Waals surface area contributed by atoms with Gasteiger partial charge in [-0.25, -0.2) is 0 Å². The lowest BCUT2D eigenvalue weighted by molar-refractivity contribution is -0.137. The van der Waals surface area contributed by atoms with Crippen LogP contribution in [0.2, 0.25) is 0 Å². The van der Waals surface area contributed by atoms with Crippen LogP contribution in [0.1, 0.15) is 54.4 Å². The van der Waals surface area contributed by atoms with Crippen LogP contribution in [0.15, 0.2) is 18.2 Å². The summed E-state index contributed by atoms with van der Waals surface area (Å²) >= 11 is 0. The van der Waals surface area contributed by atoms with E-state index in [4.69, 9.17) is 4.74 Å². The van der Waals surface area contributed by atoms with Gasteiger partial charge in [0, 0.05) is 25.1 Å². The van der Waals surface area contributed by atoms with E-state index in [9.17, 15) is 19.2 Å². The molecule has 1 saturated heterocycles. The molecular formula is C23H32N4O5. The number of benzene rings is 1. The summed E-state index contributed by atoms with van der Waals surface area (Å²) in [7, 11) is 3.74. The summed E-state index contributed by atoms with van der Waals surface area (Å²) in [6.07, 6.45) is 4.47. The van der Waals surface area contributed by atoms with E-state index in [0.29, 0.717) is 44.0 Å². The molecule has 2 aliphatic heterocycles. The minimum atomic E-state index is -0.607. The molecule has 32 heavy (non-hydrogen) atoms. The van der Waals surface area contributed by atoms with Crippen LogP contribution in [-0.2, 0) is 20.9 Å². The molecule has 2 aliphatic rings. The van der Waals surface area contributed by atoms with Crippen LogP contribution in [0.25, 0.3) is 0 Å². The zero-order valence-corrected chi connectivity index (χ0v) is 18.8. The molecule has 0 radical (unpaired) electrons. The van der Waals surface area contributed by atoms with Crippen LogP contribution in [0.3, 0.4) is 0 Å². The van der Waals surface area contributed by atoms with Crippen LogP contribution in [-0.4, -0.2) is 73.3 Å². The average molecular weight is 445 g/mol. The van der Waals surface area contributed by atoms with Gasteiger partial charge < -0.3 is 19.9 Å². The highest BCUT2D eigenvalue weighted by atomic mass is 16.5. The molecule has 9 heteroatoms. The number of carbonyl (C=O) groups is 4. The van der Waals surface area contributed by atoms with Crippen LogP contribution < -0.4 is 15.4 Å². The topological polar surface area (TPSA) is 108 Å². The second-order valence-corrected chi connectivity index (χ2v) is 8.57. The Morgan fingerprint density at radius 3 is 2.72 bits per heavy atom. The highest BCUT2D eigenvalue weighted by Gasteiger charge is 2.39. The van der Waals surface area contributed by atoms with Crippen molar-refractivity contribution in [2.75, 3.05) is 33.8 Å². The van der Waals surface area contributed by atoms with Crippen LogP contribution in [0.4, 0.5) is 0 Å². The van der Waals surface area contributed by atoms with Crippen molar-refractivity contribution >= 4 is 23.6 Å². The molecule has 0 bridgehead atoms. The normalized spacial score (nSPS) is 18.0. The fourth-order valence-electron chi connectivity index (χ4n) is 3.98.